The lowest BCUT2D eigenvalue weighted by atomic mass is 10.0. The minimum absolute atomic E-state index is 0.150. The Morgan fingerprint density at radius 1 is 1.52 bits per heavy atom. The highest BCUT2D eigenvalue weighted by Crippen LogP contribution is 2.23. The van der Waals surface area contributed by atoms with Crippen molar-refractivity contribution in [2.45, 2.75) is 32.6 Å². The summed E-state index contributed by atoms with van der Waals surface area (Å²) in [4.78, 5) is 18.2. The Labute approximate surface area is 130 Å². The van der Waals surface area contributed by atoms with E-state index in [0.29, 0.717) is 25.4 Å². The van der Waals surface area contributed by atoms with Gasteiger partial charge in [0, 0.05) is 38.6 Å². The van der Waals surface area contributed by atoms with Gasteiger partial charge in [-0.1, -0.05) is 0 Å². The van der Waals surface area contributed by atoms with Crippen molar-refractivity contribution in [2.75, 3.05) is 38.3 Å². The summed E-state index contributed by atoms with van der Waals surface area (Å²) in [5.74, 6) is 0.540. The van der Waals surface area contributed by atoms with Gasteiger partial charge < -0.3 is 14.4 Å². The van der Waals surface area contributed by atoms with Crippen molar-refractivity contribution in [1.82, 2.24) is 4.98 Å². The molecule has 0 bridgehead atoms. The van der Waals surface area contributed by atoms with E-state index in [2.05, 4.69) is 16.9 Å². The molecule has 2 heterocycles. The lowest BCUT2D eigenvalue weighted by Gasteiger charge is -2.26. The Bertz CT molecular complexity index is 444. The Morgan fingerprint density at radius 3 is 3.00 bits per heavy atom. The van der Waals surface area contributed by atoms with Gasteiger partial charge in [0.25, 0.3) is 0 Å². The van der Waals surface area contributed by atoms with E-state index in [0.717, 1.165) is 43.4 Å². The molecule has 0 aliphatic carbocycles. The highest BCUT2D eigenvalue weighted by molar-refractivity contribution is 7.13. The third-order valence-electron chi connectivity index (χ3n) is 3.63. The minimum atomic E-state index is -0.150. The van der Waals surface area contributed by atoms with Gasteiger partial charge >= 0.3 is 5.97 Å². The molecule has 6 heteroatoms. The number of aryl methyl sites for hydroxylation is 1. The van der Waals surface area contributed by atoms with Gasteiger partial charge in [-0.3, -0.25) is 4.79 Å². The fraction of sp³-hybridized carbons (Fsp3) is 0.733. The number of hydrogen-bond acceptors (Lipinski definition) is 6. The van der Waals surface area contributed by atoms with E-state index in [9.17, 15) is 4.79 Å². The Balaban J connectivity index is 1.79. The largest absolute Gasteiger partial charge is 0.466 e. The molecule has 0 aromatic carbocycles. The molecule has 0 N–H and O–H groups in total. The first-order chi connectivity index (χ1) is 10.2. The Kier molecular flexibility index (Phi) is 6.45. The molecule has 2 rings (SSSR count). The standard InChI is InChI=1S/C15H24N2O3S/c1-3-20-14(18)5-4-13-11-21-15(16-13)17(2)10-12-6-8-19-9-7-12/h11-12H,3-10H2,1-2H3. The van der Waals surface area contributed by atoms with Crippen molar-refractivity contribution in [1.29, 1.82) is 0 Å². The van der Waals surface area contributed by atoms with Crippen LogP contribution in [0.2, 0.25) is 0 Å². The fourth-order valence-electron chi connectivity index (χ4n) is 2.44. The van der Waals surface area contributed by atoms with Crippen LogP contribution in [0, 0.1) is 5.92 Å². The second-order valence-corrected chi connectivity index (χ2v) is 6.20. The summed E-state index contributed by atoms with van der Waals surface area (Å²) < 4.78 is 10.3. The predicted molar refractivity (Wildman–Crippen MR) is 83.9 cm³/mol. The van der Waals surface area contributed by atoms with Crippen LogP contribution in [0.4, 0.5) is 5.13 Å². The van der Waals surface area contributed by atoms with Crippen molar-refractivity contribution in [3.8, 4) is 0 Å². The molecule has 1 aromatic rings. The van der Waals surface area contributed by atoms with Gasteiger partial charge in [0.1, 0.15) is 0 Å². The number of hydrogen-bond donors (Lipinski definition) is 0. The second kappa shape index (κ2) is 8.34. The highest BCUT2D eigenvalue weighted by Gasteiger charge is 2.17. The lowest BCUT2D eigenvalue weighted by Crippen LogP contribution is -2.29. The maximum atomic E-state index is 11.4. The number of thiazole rings is 1. The van der Waals surface area contributed by atoms with Crippen molar-refractivity contribution in [2.24, 2.45) is 5.92 Å². The highest BCUT2D eigenvalue weighted by atomic mass is 32.1. The monoisotopic (exact) mass is 312 g/mol. The summed E-state index contributed by atoms with van der Waals surface area (Å²) in [5.41, 5.74) is 0.974. The normalized spacial score (nSPS) is 15.9. The maximum absolute atomic E-state index is 11.4. The number of anilines is 1. The number of rotatable bonds is 7. The fourth-order valence-corrected chi connectivity index (χ4v) is 3.28. The van der Waals surface area contributed by atoms with Gasteiger partial charge in [-0.05, 0) is 25.7 Å². The van der Waals surface area contributed by atoms with Crippen LogP contribution in [-0.4, -0.2) is 44.4 Å². The molecule has 0 spiro atoms. The molecule has 5 nitrogen and oxygen atoms in total. The Morgan fingerprint density at radius 2 is 2.29 bits per heavy atom. The van der Waals surface area contributed by atoms with Gasteiger partial charge in [-0.15, -0.1) is 11.3 Å². The first-order valence-corrected chi connectivity index (χ1v) is 8.46. The molecule has 1 fully saturated rings. The molecule has 1 aliphatic heterocycles. The second-order valence-electron chi connectivity index (χ2n) is 5.36. The lowest BCUT2D eigenvalue weighted by molar-refractivity contribution is -0.143. The first-order valence-electron chi connectivity index (χ1n) is 7.58. The van der Waals surface area contributed by atoms with Crippen LogP contribution in [0.1, 0.15) is 31.9 Å². The molecule has 1 aromatic heterocycles. The van der Waals surface area contributed by atoms with E-state index < -0.39 is 0 Å². The molecule has 0 amide bonds. The third kappa shape index (κ3) is 5.28. The van der Waals surface area contributed by atoms with Crippen molar-refractivity contribution >= 4 is 22.4 Å². The molecule has 0 radical (unpaired) electrons. The summed E-state index contributed by atoms with van der Waals surface area (Å²) in [6.45, 7) is 5.04. The van der Waals surface area contributed by atoms with Gasteiger partial charge in [0.2, 0.25) is 0 Å². The van der Waals surface area contributed by atoms with E-state index in [1.165, 1.54) is 0 Å². The quantitative estimate of drug-likeness (QED) is 0.724. The van der Waals surface area contributed by atoms with E-state index in [-0.39, 0.29) is 5.97 Å². The molecule has 1 saturated heterocycles. The summed E-state index contributed by atoms with van der Waals surface area (Å²) >= 11 is 1.64. The summed E-state index contributed by atoms with van der Waals surface area (Å²) in [6, 6.07) is 0. The van der Waals surface area contributed by atoms with Crippen LogP contribution in [0.3, 0.4) is 0 Å². The average molecular weight is 312 g/mol. The van der Waals surface area contributed by atoms with E-state index in [1.807, 2.05) is 12.3 Å². The topological polar surface area (TPSA) is 51.7 Å². The zero-order valence-electron chi connectivity index (χ0n) is 12.8. The molecular formula is C15H24N2O3S. The van der Waals surface area contributed by atoms with Crippen LogP contribution in [0.15, 0.2) is 5.38 Å². The average Bonchev–Trinajstić information content (AvgIpc) is 2.95. The number of esters is 1. The van der Waals surface area contributed by atoms with Gasteiger partial charge in [-0.25, -0.2) is 4.98 Å². The number of aromatic nitrogens is 1. The Hall–Kier alpha value is -1.14. The van der Waals surface area contributed by atoms with Gasteiger partial charge in [0.15, 0.2) is 5.13 Å². The van der Waals surface area contributed by atoms with Crippen LogP contribution >= 0.6 is 11.3 Å². The molecule has 1 aliphatic rings. The van der Waals surface area contributed by atoms with Gasteiger partial charge in [-0.2, -0.15) is 0 Å². The van der Waals surface area contributed by atoms with E-state index in [4.69, 9.17) is 9.47 Å². The number of carbonyl (C=O) groups is 1. The van der Waals surface area contributed by atoms with Crippen LogP contribution < -0.4 is 4.90 Å². The molecule has 21 heavy (non-hydrogen) atoms. The van der Waals surface area contributed by atoms with E-state index in [1.54, 1.807) is 11.3 Å². The summed E-state index contributed by atoms with van der Waals surface area (Å²) in [5, 5.41) is 3.06. The molecule has 0 unspecified atom stereocenters. The molecule has 0 saturated carbocycles. The maximum Gasteiger partial charge on any atom is 0.306 e. The van der Waals surface area contributed by atoms with Crippen LogP contribution in [0.5, 0.6) is 0 Å². The smallest absolute Gasteiger partial charge is 0.306 e. The van der Waals surface area contributed by atoms with Crippen LogP contribution in [-0.2, 0) is 20.7 Å². The SMILES string of the molecule is CCOC(=O)CCc1csc(N(C)CC2CCOCC2)n1. The molecular weight excluding hydrogens is 288 g/mol. The van der Waals surface area contributed by atoms with Crippen LogP contribution in [0.25, 0.3) is 0 Å². The number of nitrogens with zero attached hydrogens (tertiary/aromatic N) is 2. The first kappa shape index (κ1) is 16.2. The van der Waals surface area contributed by atoms with E-state index >= 15 is 0 Å². The van der Waals surface area contributed by atoms with Crippen molar-refractivity contribution in [3.05, 3.63) is 11.1 Å². The minimum Gasteiger partial charge on any atom is -0.466 e. The zero-order valence-corrected chi connectivity index (χ0v) is 13.7. The third-order valence-corrected chi connectivity index (χ3v) is 4.63. The number of carbonyl (C=O) groups excluding carboxylic acids is 1. The molecule has 0 atom stereocenters. The van der Waals surface area contributed by atoms with Gasteiger partial charge in [0.05, 0.1) is 18.7 Å². The zero-order chi connectivity index (χ0) is 15.1. The van der Waals surface area contributed by atoms with Crippen molar-refractivity contribution in [3.63, 3.8) is 0 Å². The molecule has 118 valence electrons. The summed E-state index contributed by atoms with van der Waals surface area (Å²) in [7, 11) is 2.09. The van der Waals surface area contributed by atoms with Crippen molar-refractivity contribution < 1.29 is 14.3 Å². The summed E-state index contributed by atoms with van der Waals surface area (Å²) in [6.07, 6.45) is 3.32. The predicted octanol–water partition coefficient (Wildman–Crippen LogP) is 2.50. The number of ether oxygens (including phenoxy) is 2.